The Kier molecular flexibility index (Phi) is 5.49. The van der Waals surface area contributed by atoms with E-state index in [1.54, 1.807) is 23.1 Å². The number of piperazine rings is 1. The number of hydrogen-bond acceptors (Lipinski definition) is 5. The van der Waals surface area contributed by atoms with Crippen LogP contribution in [0.25, 0.3) is 0 Å². The number of carbonyl (C=O) groups is 2. The van der Waals surface area contributed by atoms with Crippen LogP contribution in [0.4, 0.5) is 0 Å². The Bertz CT molecular complexity index is 758. The Morgan fingerprint density at radius 3 is 2.61 bits per heavy atom. The molecule has 1 aromatic rings. The molecule has 3 aliphatic rings. The molecule has 1 spiro atoms. The Balaban J connectivity index is 1.59. The summed E-state index contributed by atoms with van der Waals surface area (Å²) in [6, 6.07) is 5.11. The molecule has 2 fully saturated rings. The van der Waals surface area contributed by atoms with E-state index < -0.39 is 5.60 Å². The van der Waals surface area contributed by atoms with E-state index in [0.717, 1.165) is 13.1 Å². The SMILES string of the molecule is CN1CCN(C(=O)CN2CC3(CCOCC3)Oc3ccc(Cl)cc3C2=O)CC1. The van der Waals surface area contributed by atoms with E-state index >= 15 is 0 Å². The van der Waals surface area contributed by atoms with Crippen molar-refractivity contribution in [1.82, 2.24) is 14.7 Å². The maximum Gasteiger partial charge on any atom is 0.258 e. The van der Waals surface area contributed by atoms with E-state index in [9.17, 15) is 9.59 Å². The van der Waals surface area contributed by atoms with E-state index in [0.29, 0.717) is 62.0 Å². The van der Waals surface area contributed by atoms with Gasteiger partial charge in [0.2, 0.25) is 5.91 Å². The molecule has 0 bridgehead atoms. The third kappa shape index (κ3) is 3.97. The average molecular weight is 408 g/mol. The third-order valence-corrected chi connectivity index (χ3v) is 6.09. The molecular weight excluding hydrogens is 382 g/mol. The van der Waals surface area contributed by atoms with Crippen molar-refractivity contribution in [3.05, 3.63) is 28.8 Å². The zero-order valence-electron chi connectivity index (χ0n) is 16.2. The van der Waals surface area contributed by atoms with Crippen LogP contribution < -0.4 is 4.74 Å². The van der Waals surface area contributed by atoms with Crippen molar-refractivity contribution < 1.29 is 19.1 Å². The van der Waals surface area contributed by atoms with Crippen molar-refractivity contribution in [2.24, 2.45) is 0 Å². The lowest BCUT2D eigenvalue weighted by atomic mass is 9.93. The van der Waals surface area contributed by atoms with Crippen LogP contribution in [0.5, 0.6) is 5.75 Å². The van der Waals surface area contributed by atoms with Crippen molar-refractivity contribution in [3.63, 3.8) is 0 Å². The molecule has 2 amide bonds. The van der Waals surface area contributed by atoms with Crippen molar-refractivity contribution in [2.75, 3.05) is 59.5 Å². The first-order valence-corrected chi connectivity index (χ1v) is 10.2. The van der Waals surface area contributed by atoms with Gasteiger partial charge in [-0.25, -0.2) is 0 Å². The minimum Gasteiger partial charge on any atom is -0.484 e. The van der Waals surface area contributed by atoms with Crippen LogP contribution in [-0.4, -0.2) is 91.6 Å². The van der Waals surface area contributed by atoms with Crippen LogP contribution in [0.1, 0.15) is 23.2 Å². The smallest absolute Gasteiger partial charge is 0.258 e. The van der Waals surface area contributed by atoms with Crippen LogP contribution in [0.3, 0.4) is 0 Å². The first-order chi connectivity index (χ1) is 13.5. The van der Waals surface area contributed by atoms with Gasteiger partial charge in [0, 0.05) is 44.0 Å². The average Bonchev–Trinajstić information content (AvgIpc) is 2.79. The van der Waals surface area contributed by atoms with Crippen LogP contribution >= 0.6 is 11.6 Å². The summed E-state index contributed by atoms with van der Waals surface area (Å²) in [5.74, 6) is 0.309. The lowest BCUT2D eigenvalue weighted by molar-refractivity contribution is -0.134. The molecule has 28 heavy (non-hydrogen) atoms. The maximum absolute atomic E-state index is 13.3. The number of carbonyl (C=O) groups excluding carboxylic acids is 2. The predicted octanol–water partition coefficient (Wildman–Crippen LogP) is 1.50. The summed E-state index contributed by atoms with van der Waals surface area (Å²) in [6.07, 6.45) is 1.36. The van der Waals surface area contributed by atoms with Gasteiger partial charge in [-0.1, -0.05) is 11.6 Å². The van der Waals surface area contributed by atoms with Gasteiger partial charge in [-0.05, 0) is 25.2 Å². The first kappa shape index (κ1) is 19.5. The minimum atomic E-state index is -0.532. The molecule has 152 valence electrons. The second-order valence-electron chi connectivity index (χ2n) is 7.88. The lowest BCUT2D eigenvalue weighted by Crippen LogP contribution is -2.54. The fourth-order valence-corrected chi connectivity index (χ4v) is 4.24. The monoisotopic (exact) mass is 407 g/mol. The van der Waals surface area contributed by atoms with E-state index in [-0.39, 0.29) is 18.4 Å². The summed E-state index contributed by atoms with van der Waals surface area (Å²) in [4.78, 5) is 31.8. The summed E-state index contributed by atoms with van der Waals surface area (Å²) in [5, 5.41) is 0.476. The standard InChI is InChI=1S/C20H26ClN3O4/c1-22-6-8-23(9-7-22)18(25)13-24-14-20(4-10-27-11-5-20)28-17-3-2-15(21)12-16(17)19(24)26/h2-3,12H,4-11,13-14H2,1H3. The van der Waals surface area contributed by atoms with Crippen molar-refractivity contribution in [3.8, 4) is 5.75 Å². The fourth-order valence-electron chi connectivity index (χ4n) is 4.06. The van der Waals surface area contributed by atoms with E-state index in [1.165, 1.54) is 0 Å². The lowest BCUT2D eigenvalue weighted by Gasteiger charge is -2.39. The number of rotatable bonds is 2. The van der Waals surface area contributed by atoms with Crippen molar-refractivity contribution in [1.29, 1.82) is 0 Å². The van der Waals surface area contributed by atoms with Crippen LogP contribution in [0.2, 0.25) is 5.02 Å². The van der Waals surface area contributed by atoms with Gasteiger partial charge in [0.05, 0.1) is 25.3 Å². The second-order valence-corrected chi connectivity index (χ2v) is 8.32. The zero-order valence-corrected chi connectivity index (χ0v) is 16.9. The molecule has 3 aliphatic heterocycles. The number of ether oxygens (including phenoxy) is 2. The molecule has 1 aromatic carbocycles. The maximum atomic E-state index is 13.3. The quantitative estimate of drug-likeness (QED) is 0.743. The topological polar surface area (TPSA) is 62.3 Å². The van der Waals surface area contributed by atoms with Gasteiger partial charge in [0.1, 0.15) is 17.9 Å². The highest BCUT2D eigenvalue weighted by atomic mass is 35.5. The number of benzene rings is 1. The van der Waals surface area contributed by atoms with Crippen LogP contribution in [0.15, 0.2) is 18.2 Å². The van der Waals surface area contributed by atoms with Gasteiger partial charge >= 0.3 is 0 Å². The van der Waals surface area contributed by atoms with Crippen LogP contribution in [0, 0.1) is 0 Å². The number of amides is 2. The highest BCUT2D eigenvalue weighted by molar-refractivity contribution is 6.31. The van der Waals surface area contributed by atoms with Gasteiger partial charge in [-0.2, -0.15) is 0 Å². The van der Waals surface area contributed by atoms with Crippen molar-refractivity contribution in [2.45, 2.75) is 18.4 Å². The Morgan fingerprint density at radius 2 is 1.89 bits per heavy atom. The molecule has 7 nitrogen and oxygen atoms in total. The molecule has 0 unspecified atom stereocenters. The van der Waals surface area contributed by atoms with E-state index in [2.05, 4.69) is 4.90 Å². The van der Waals surface area contributed by atoms with E-state index in [1.807, 2.05) is 11.9 Å². The number of hydrogen-bond donors (Lipinski definition) is 0. The largest absolute Gasteiger partial charge is 0.484 e. The third-order valence-electron chi connectivity index (χ3n) is 5.85. The minimum absolute atomic E-state index is 0.0193. The molecule has 0 atom stereocenters. The van der Waals surface area contributed by atoms with Gasteiger partial charge in [-0.15, -0.1) is 0 Å². The predicted molar refractivity (Wildman–Crippen MR) is 105 cm³/mol. The summed E-state index contributed by atoms with van der Waals surface area (Å²) < 4.78 is 11.9. The molecule has 0 aliphatic carbocycles. The van der Waals surface area contributed by atoms with Crippen molar-refractivity contribution >= 4 is 23.4 Å². The Hall–Kier alpha value is -1.83. The van der Waals surface area contributed by atoms with Gasteiger partial charge in [-0.3, -0.25) is 9.59 Å². The molecule has 0 aromatic heterocycles. The van der Waals surface area contributed by atoms with Gasteiger partial charge in [0.15, 0.2) is 0 Å². The Morgan fingerprint density at radius 1 is 1.18 bits per heavy atom. The Labute approximate surface area is 170 Å². The van der Waals surface area contributed by atoms with Crippen LogP contribution in [-0.2, 0) is 9.53 Å². The summed E-state index contributed by atoms with van der Waals surface area (Å²) in [5.41, 5.74) is -0.114. The van der Waals surface area contributed by atoms with Gasteiger partial charge < -0.3 is 24.2 Å². The molecule has 3 heterocycles. The number of halogens is 1. The molecule has 0 radical (unpaired) electrons. The molecular formula is C20H26ClN3O4. The molecule has 8 heteroatoms. The molecule has 4 rings (SSSR count). The summed E-state index contributed by atoms with van der Waals surface area (Å²) >= 11 is 6.14. The second kappa shape index (κ2) is 7.89. The highest BCUT2D eigenvalue weighted by Gasteiger charge is 2.42. The number of likely N-dealkylation sites (N-methyl/N-ethyl adjacent to an activating group) is 1. The fraction of sp³-hybridized carbons (Fsp3) is 0.600. The molecule has 0 saturated carbocycles. The number of fused-ring (bicyclic) bond motifs is 1. The molecule has 2 saturated heterocycles. The first-order valence-electron chi connectivity index (χ1n) is 9.78. The zero-order chi connectivity index (χ0) is 19.7. The summed E-state index contributed by atoms with van der Waals surface area (Å²) in [7, 11) is 2.05. The summed E-state index contributed by atoms with van der Waals surface area (Å²) in [6.45, 7) is 4.67. The highest BCUT2D eigenvalue weighted by Crippen LogP contribution is 2.36. The van der Waals surface area contributed by atoms with Gasteiger partial charge in [0.25, 0.3) is 5.91 Å². The van der Waals surface area contributed by atoms with E-state index in [4.69, 9.17) is 21.1 Å². The normalized spacial score (nSPS) is 22.6. The molecule has 0 N–H and O–H groups in total. The number of nitrogens with zero attached hydrogens (tertiary/aromatic N) is 3.